The molecule has 3 atom stereocenters. The van der Waals surface area contributed by atoms with Gasteiger partial charge in [-0.25, -0.2) is 13.6 Å². The summed E-state index contributed by atoms with van der Waals surface area (Å²) in [4.78, 5) is 11.8. The predicted octanol–water partition coefficient (Wildman–Crippen LogP) is 6.98. The van der Waals surface area contributed by atoms with Gasteiger partial charge in [-0.3, -0.25) is 0 Å². The van der Waals surface area contributed by atoms with Crippen LogP contribution in [0.2, 0.25) is 0 Å². The number of aryl methyl sites for hydroxylation is 1. The molecule has 33 heavy (non-hydrogen) atoms. The summed E-state index contributed by atoms with van der Waals surface area (Å²) in [5, 5.41) is 14.1. The maximum atomic E-state index is 15.3. The fourth-order valence-corrected chi connectivity index (χ4v) is 5.70. The van der Waals surface area contributed by atoms with E-state index in [0.29, 0.717) is 24.6 Å². The maximum Gasteiger partial charge on any atom is 0.335 e. The molecule has 2 aliphatic rings. The van der Waals surface area contributed by atoms with E-state index in [1.807, 2.05) is 6.07 Å². The van der Waals surface area contributed by atoms with E-state index in [1.165, 1.54) is 12.1 Å². The molecule has 174 valence electrons. The third kappa shape index (κ3) is 3.79. The van der Waals surface area contributed by atoms with Crippen LogP contribution in [-0.2, 0) is 6.54 Å². The van der Waals surface area contributed by atoms with E-state index < -0.39 is 12.1 Å². The number of rotatable bonds is 3. The molecule has 4 nitrogen and oxygen atoms in total. The van der Waals surface area contributed by atoms with Gasteiger partial charge < -0.3 is 15.0 Å². The molecule has 6 heteroatoms. The van der Waals surface area contributed by atoms with Crippen LogP contribution in [0.5, 0.6) is 0 Å². The molecule has 5 rings (SSSR count). The van der Waals surface area contributed by atoms with Crippen LogP contribution in [0.3, 0.4) is 0 Å². The van der Waals surface area contributed by atoms with E-state index in [4.69, 9.17) is 0 Å². The fourth-order valence-electron chi connectivity index (χ4n) is 5.70. The first-order valence-electron chi connectivity index (χ1n) is 11.9. The summed E-state index contributed by atoms with van der Waals surface area (Å²) in [6, 6.07) is 10.0. The zero-order chi connectivity index (χ0) is 23.3. The zero-order valence-corrected chi connectivity index (χ0v) is 19.1. The topological polar surface area (TPSA) is 54.3 Å². The molecule has 1 fully saturated rings. The van der Waals surface area contributed by atoms with Gasteiger partial charge in [0.25, 0.3) is 0 Å². The van der Waals surface area contributed by atoms with Gasteiger partial charge in [0.2, 0.25) is 0 Å². The number of hydrogen-bond donors (Lipinski definition) is 2. The van der Waals surface area contributed by atoms with Crippen molar-refractivity contribution in [1.82, 2.24) is 4.57 Å². The SMILES string of the molecule is CC(C)C1CCn2c(c(C3CCCC[C@@H]3F)c3ccc(C(=O)O)cc32)-c2ccc(F)cc2N1. The molecule has 1 aliphatic heterocycles. The molecule has 1 saturated carbocycles. The molecule has 0 radical (unpaired) electrons. The third-order valence-electron chi connectivity index (χ3n) is 7.45. The number of carboxylic acids is 1. The highest BCUT2D eigenvalue weighted by molar-refractivity contribution is 5.99. The van der Waals surface area contributed by atoms with Gasteiger partial charge in [0, 0.05) is 40.7 Å². The number of carboxylic acid groups (broad SMARTS) is 1. The molecule has 3 aromatic rings. The second kappa shape index (κ2) is 8.47. The van der Waals surface area contributed by atoms with Gasteiger partial charge in [0.15, 0.2) is 0 Å². The van der Waals surface area contributed by atoms with Crippen molar-refractivity contribution in [3.05, 3.63) is 53.3 Å². The summed E-state index contributed by atoms with van der Waals surface area (Å²) in [5.41, 5.74) is 4.43. The van der Waals surface area contributed by atoms with Gasteiger partial charge in [0.05, 0.1) is 11.3 Å². The number of fused-ring (bicyclic) bond motifs is 5. The Labute approximate surface area is 192 Å². The van der Waals surface area contributed by atoms with Crippen molar-refractivity contribution < 1.29 is 18.7 Å². The molecule has 2 heterocycles. The van der Waals surface area contributed by atoms with Gasteiger partial charge in [-0.15, -0.1) is 0 Å². The quantitative estimate of drug-likeness (QED) is 0.451. The summed E-state index contributed by atoms with van der Waals surface area (Å²) in [6.07, 6.45) is 2.99. The molecule has 2 N–H and O–H groups in total. The summed E-state index contributed by atoms with van der Waals surface area (Å²) >= 11 is 0. The van der Waals surface area contributed by atoms with Gasteiger partial charge in [-0.1, -0.05) is 32.8 Å². The molecule has 0 spiro atoms. The highest BCUT2D eigenvalue weighted by Crippen LogP contribution is 2.47. The number of alkyl halides is 1. The van der Waals surface area contributed by atoms with Crippen LogP contribution >= 0.6 is 0 Å². The van der Waals surface area contributed by atoms with E-state index in [9.17, 15) is 14.3 Å². The Bertz CT molecular complexity index is 1220. The van der Waals surface area contributed by atoms with Crippen LogP contribution in [0.25, 0.3) is 22.2 Å². The molecule has 1 aromatic heterocycles. The number of nitrogens with zero attached hydrogens (tertiary/aromatic N) is 1. The smallest absolute Gasteiger partial charge is 0.335 e. The number of anilines is 1. The number of benzene rings is 2. The first-order chi connectivity index (χ1) is 15.8. The largest absolute Gasteiger partial charge is 0.478 e. The Hall–Kier alpha value is -2.89. The molecular formula is C27H30F2N2O2. The minimum atomic E-state index is -0.981. The highest BCUT2D eigenvalue weighted by atomic mass is 19.1. The average molecular weight is 453 g/mol. The number of aromatic nitrogens is 1. The second-order valence-electron chi connectivity index (χ2n) is 9.83. The molecule has 0 saturated heterocycles. The first-order valence-corrected chi connectivity index (χ1v) is 11.9. The van der Waals surface area contributed by atoms with Gasteiger partial charge in [-0.05, 0) is 61.1 Å². The molecule has 0 amide bonds. The van der Waals surface area contributed by atoms with Crippen molar-refractivity contribution in [2.75, 3.05) is 5.32 Å². The van der Waals surface area contributed by atoms with Crippen LogP contribution < -0.4 is 5.32 Å². The van der Waals surface area contributed by atoms with Crippen LogP contribution in [-0.4, -0.2) is 27.9 Å². The lowest BCUT2D eigenvalue weighted by atomic mass is 9.80. The molecule has 0 bridgehead atoms. The number of halogens is 2. The second-order valence-corrected chi connectivity index (χ2v) is 9.83. The summed E-state index contributed by atoms with van der Waals surface area (Å²) in [5.74, 6) is -1.23. The van der Waals surface area contributed by atoms with Crippen molar-refractivity contribution in [3.8, 4) is 11.3 Å². The lowest BCUT2D eigenvalue weighted by molar-refractivity contribution is 0.0697. The minimum Gasteiger partial charge on any atom is -0.478 e. The maximum absolute atomic E-state index is 15.3. The van der Waals surface area contributed by atoms with Crippen LogP contribution in [0.15, 0.2) is 36.4 Å². The van der Waals surface area contributed by atoms with E-state index >= 15 is 4.39 Å². The molecule has 1 aliphatic carbocycles. The van der Waals surface area contributed by atoms with Gasteiger partial charge >= 0.3 is 5.97 Å². The van der Waals surface area contributed by atoms with Crippen molar-refractivity contribution in [3.63, 3.8) is 0 Å². The first kappa shape index (κ1) is 21.9. The Kier molecular flexibility index (Phi) is 5.63. The van der Waals surface area contributed by atoms with E-state index in [-0.39, 0.29) is 23.3 Å². The molecule has 2 aromatic carbocycles. The van der Waals surface area contributed by atoms with Crippen LogP contribution in [0.1, 0.15) is 67.8 Å². The lowest BCUT2D eigenvalue weighted by Crippen LogP contribution is -2.29. The molecular weight excluding hydrogens is 422 g/mol. The number of nitrogens with one attached hydrogen (secondary N) is 1. The van der Waals surface area contributed by atoms with Crippen LogP contribution in [0.4, 0.5) is 14.5 Å². The summed E-state index contributed by atoms with van der Waals surface area (Å²) < 4.78 is 31.8. The normalized spacial score (nSPS) is 22.9. The van der Waals surface area contributed by atoms with E-state index in [0.717, 1.165) is 53.4 Å². The number of carbonyl (C=O) groups is 1. The van der Waals surface area contributed by atoms with Crippen LogP contribution in [0, 0.1) is 11.7 Å². The Morgan fingerprint density at radius 3 is 2.64 bits per heavy atom. The monoisotopic (exact) mass is 452 g/mol. The van der Waals surface area contributed by atoms with Crippen molar-refractivity contribution in [2.24, 2.45) is 5.92 Å². The zero-order valence-electron chi connectivity index (χ0n) is 19.1. The number of hydrogen-bond acceptors (Lipinski definition) is 2. The molecule has 2 unspecified atom stereocenters. The minimum absolute atomic E-state index is 0.130. The Balaban J connectivity index is 1.84. The third-order valence-corrected chi connectivity index (χ3v) is 7.45. The average Bonchev–Trinajstić information content (AvgIpc) is 3.08. The number of aromatic carboxylic acids is 1. The standard InChI is InChI=1S/C27H30F2N2O2/c1-15(2)22-11-12-31-24-13-16(27(32)33)7-9-20(24)25(18-5-3-4-6-21(18)29)26(31)19-10-8-17(28)14-23(19)30-22/h7-10,13-15,18,21-22,30H,3-6,11-12H2,1-2H3,(H,32,33)/t18?,21-,22?/m0/s1. The summed E-state index contributed by atoms with van der Waals surface area (Å²) in [6.45, 7) is 4.94. The van der Waals surface area contributed by atoms with Gasteiger partial charge in [0.1, 0.15) is 12.0 Å². The van der Waals surface area contributed by atoms with E-state index in [1.54, 1.807) is 18.2 Å². The van der Waals surface area contributed by atoms with E-state index in [2.05, 4.69) is 23.7 Å². The fraction of sp³-hybridized carbons (Fsp3) is 0.444. The van der Waals surface area contributed by atoms with Crippen molar-refractivity contribution in [1.29, 1.82) is 0 Å². The Morgan fingerprint density at radius 1 is 1.12 bits per heavy atom. The Morgan fingerprint density at radius 2 is 1.91 bits per heavy atom. The summed E-state index contributed by atoms with van der Waals surface area (Å²) in [7, 11) is 0. The van der Waals surface area contributed by atoms with Crippen molar-refractivity contribution in [2.45, 2.75) is 70.6 Å². The van der Waals surface area contributed by atoms with Gasteiger partial charge in [-0.2, -0.15) is 0 Å². The predicted molar refractivity (Wildman–Crippen MR) is 127 cm³/mol. The van der Waals surface area contributed by atoms with Crippen molar-refractivity contribution >= 4 is 22.6 Å². The lowest BCUT2D eigenvalue weighted by Gasteiger charge is -2.31. The highest BCUT2D eigenvalue weighted by Gasteiger charge is 2.34.